The van der Waals surface area contributed by atoms with Crippen LogP contribution in [-0.4, -0.2) is 45.9 Å². The Balaban J connectivity index is 1.55. The maximum atomic E-state index is 13.8. The fourth-order valence-electron chi connectivity index (χ4n) is 5.57. The highest BCUT2D eigenvalue weighted by Gasteiger charge is 2.37. The lowest BCUT2D eigenvalue weighted by Gasteiger charge is -2.39. The van der Waals surface area contributed by atoms with Crippen LogP contribution >= 0.6 is 24.0 Å². The number of aromatic nitrogens is 1. The van der Waals surface area contributed by atoms with Crippen molar-refractivity contribution in [1.82, 2.24) is 9.47 Å². The van der Waals surface area contributed by atoms with Crippen molar-refractivity contribution in [1.29, 1.82) is 5.26 Å². The molecule has 216 valence electrons. The molecule has 3 heterocycles. The molecule has 2 aromatic carbocycles. The third-order valence-electron chi connectivity index (χ3n) is 7.83. The minimum atomic E-state index is -0.324. The molecule has 2 saturated heterocycles. The molecular formula is C32H32FN5O2S2. The van der Waals surface area contributed by atoms with Crippen LogP contribution < -0.4 is 15.4 Å². The molecule has 1 amide bonds. The number of rotatable bonds is 7. The Morgan fingerprint density at radius 1 is 1.05 bits per heavy atom. The summed E-state index contributed by atoms with van der Waals surface area (Å²) < 4.78 is 15.6. The Bertz CT molecular complexity index is 1640. The van der Waals surface area contributed by atoms with Crippen LogP contribution in [0.15, 0.2) is 64.3 Å². The van der Waals surface area contributed by atoms with Crippen LogP contribution in [0.25, 0.3) is 6.08 Å². The lowest BCUT2D eigenvalue weighted by molar-refractivity contribution is -0.123. The van der Waals surface area contributed by atoms with E-state index in [0.717, 1.165) is 11.3 Å². The molecule has 1 unspecified atom stereocenters. The molecule has 0 bridgehead atoms. The van der Waals surface area contributed by atoms with Crippen LogP contribution in [0, 0.1) is 24.1 Å². The number of benzene rings is 2. The van der Waals surface area contributed by atoms with Crippen LogP contribution in [0.1, 0.15) is 48.6 Å². The summed E-state index contributed by atoms with van der Waals surface area (Å²) in [5.41, 5.74) is 2.91. The number of anilines is 2. The van der Waals surface area contributed by atoms with Gasteiger partial charge in [0.05, 0.1) is 10.9 Å². The number of hydrogen-bond acceptors (Lipinski definition) is 7. The predicted octanol–water partition coefficient (Wildman–Crippen LogP) is 5.87. The molecule has 0 aliphatic carbocycles. The minimum Gasteiger partial charge on any atom is -0.368 e. The lowest BCUT2D eigenvalue weighted by atomic mass is 10.0. The monoisotopic (exact) mass is 601 g/mol. The Morgan fingerprint density at radius 3 is 2.31 bits per heavy atom. The number of pyridine rings is 1. The number of hydrogen-bond donors (Lipinski definition) is 0. The Hall–Kier alpha value is -3.94. The van der Waals surface area contributed by atoms with E-state index in [0.29, 0.717) is 65.3 Å². The molecule has 0 radical (unpaired) electrons. The first-order valence-corrected chi connectivity index (χ1v) is 15.2. The van der Waals surface area contributed by atoms with Crippen molar-refractivity contribution >= 4 is 51.8 Å². The second kappa shape index (κ2) is 12.5. The first-order valence-electron chi connectivity index (χ1n) is 14.0. The van der Waals surface area contributed by atoms with E-state index in [1.807, 2.05) is 44.2 Å². The zero-order valence-corrected chi connectivity index (χ0v) is 25.5. The first-order chi connectivity index (χ1) is 20.2. The largest absolute Gasteiger partial charge is 0.368 e. The third kappa shape index (κ3) is 5.59. The van der Waals surface area contributed by atoms with Crippen molar-refractivity contribution in [3.63, 3.8) is 0 Å². The minimum absolute atomic E-state index is 0.0801. The number of thioether (sulfide) groups is 1. The number of nitrogens with zero attached hydrogens (tertiary/aromatic N) is 5. The summed E-state index contributed by atoms with van der Waals surface area (Å²) >= 11 is 6.90. The third-order valence-corrected chi connectivity index (χ3v) is 9.16. The number of carbonyl (C=O) groups excluding carboxylic acids is 1. The van der Waals surface area contributed by atoms with Crippen LogP contribution in [-0.2, 0) is 11.3 Å². The highest BCUT2D eigenvalue weighted by molar-refractivity contribution is 8.26. The van der Waals surface area contributed by atoms with Crippen molar-refractivity contribution in [2.24, 2.45) is 0 Å². The summed E-state index contributed by atoms with van der Waals surface area (Å²) in [6.45, 7) is 8.71. The van der Waals surface area contributed by atoms with Crippen molar-refractivity contribution in [2.75, 3.05) is 36.0 Å². The van der Waals surface area contributed by atoms with Gasteiger partial charge in [-0.05, 0) is 61.7 Å². The Kier molecular flexibility index (Phi) is 8.80. The van der Waals surface area contributed by atoms with Gasteiger partial charge >= 0.3 is 0 Å². The highest BCUT2D eigenvalue weighted by atomic mass is 32.2. The van der Waals surface area contributed by atoms with E-state index in [2.05, 4.69) is 15.9 Å². The van der Waals surface area contributed by atoms with Crippen LogP contribution in [0.5, 0.6) is 0 Å². The van der Waals surface area contributed by atoms with E-state index < -0.39 is 0 Å². The smallest absolute Gasteiger partial charge is 0.270 e. The Labute approximate surface area is 254 Å². The van der Waals surface area contributed by atoms with Gasteiger partial charge in [-0.25, -0.2) is 4.39 Å². The standard InChI is InChI=1S/C32H32FN5O2S2/c1-4-14-37-29(36-17-15-35(16-18-36)25-12-10-24(33)11-13-25)26(21(2)27(20-34)30(37)39)19-28-31(40)38(32(41)42-28)22(3)23-8-6-5-7-9-23/h5-13,19,22H,4,14-18H2,1-3H3. The number of halogens is 1. The van der Waals surface area contributed by atoms with E-state index in [1.165, 1.54) is 23.9 Å². The van der Waals surface area contributed by atoms with E-state index >= 15 is 0 Å². The quantitative estimate of drug-likeness (QED) is 0.248. The number of piperazine rings is 1. The predicted molar refractivity (Wildman–Crippen MR) is 171 cm³/mol. The second-order valence-electron chi connectivity index (χ2n) is 10.4. The van der Waals surface area contributed by atoms with Gasteiger partial charge in [0.25, 0.3) is 11.5 Å². The number of nitriles is 1. The topological polar surface area (TPSA) is 72.6 Å². The molecule has 10 heteroatoms. The van der Waals surface area contributed by atoms with Gasteiger partial charge in [-0.15, -0.1) is 0 Å². The molecule has 0 N–H and O–H groups in total. The number of amides is 1. The molecule has 2 fully saturated rings. The van der Waals surface area contributed by atoms with E-state index in [9.17, 15) is 19.2 Å². The molecule has 7 nitrogen and oxygen atoms in total. The molecule has 1 aromatic heterocycles. The van der Waals surface area contributed by atoms with Gasteiger partial charge in [-0.1, -0.05) is 61.2 Å². The molecule has 2 aliphatic rings. The highest BCUT2D eigenvalue weighted by Crippen LogP contribution is 2.40. The summed E-state index contributed by atoms with van der Waals surface area (Å²) in [5.74, 6) is 0.236. The summed E-state index contributed by atoms with van der Waals surface area (Å²) in [6.07, 6.45) is 2.51. The van der Waals surface area contributed by atoms with E-state index in [4.69, 9.17) is 12.2 Å². The Morgan fingerprint density at radius 2 is 1.69 bits per heavy atom. The molecule has 5 rings (SSSR count). The SMILES string of the molecule is CCCn1c(N2CCN(c3ccc(F)cc3)CC2)c(C=C2SC(=S)N(C(C)c3ccccc3)C2=O)c(C)c(C#N)c1=O. The van der Waals surface area contributed by atoms with Gasteiger partial charge in [0.2, 0.25) is 0 Å². The van der Waals surface area contributed by atoms with Crippen LogP contribution in [0.2, 0.25) is 0 Å². The molecule has 0 saturated carbocycles. The summed E-state index contributed by atoms with van der Waals surface area (Å²) in [6, 6.07) is 18.1. The van der Waals surface area contributed by atoms with Gasteiger partial charge in [0.15, 0.2) is 0 Å². The van der Waals surface area contributed by atoms with Crippen LogP contribution in [0.3, 0.4) is 0 Å². The van der Waals surface area contributed by atoms with Gasteiger partial charge < -0.3 is 9.80 Å². The van der Waals surface area contributed by atoms with Crippen molar-refractivity contribution in [3.8, 4) is 6.07 Å². The normalized spacial score (nSPS) is 17.2. The van der Waals surface area contributed by atoms with Gasteiger partial charge in [-0.2, -0.15) is 5.26 Å². The molecular weight excluding hydrogens is 570 g/mol. The summed E-state index contributed by atoms with van der Waals surface area (Å²) in [5, 5.41) is 9.96. The first kappa shape index (κ1) is 29.5. The van der Waals surface area contributed by atoms with E-state index in [-0.39, 0.29) is 28.9 Å². The summed E-state index contributed by atoms with van der Waals surface area (Å²) in [7, 11) is 0. The van der Waals surface area contributed by atoms with Gasteiger partial charge in [0.1, 0.15) is 27.6 Å². The van der Waals surface area contributed by atoms with Gasteiger partial charge in [0, 0.05) is 44.0 Å². The van der Waals surface area contributed by atoms with Crippen LogP contribution in [0.4, 0.5) is 15.9 Å². The molecule has 2 aliphatic heterocycles. The molecule has 42 heavy (non-hydrogen) atoms. The zero-order valence-electron chi connectivity index (χ0n) is 23.8. The van der Waals surface area contributed by atoms with Crippen molar-refractivity contribution in [2.45, 2.75) is 39.8 Å². The summed E-state index contributed by atoms with van der Waals surface area (Å²) in [4.78, 5) is 33.7. The fourth-order valence-corrected chi connectivity index (χ4v) is 6.97. The maximum Gasteiger partial charge on any atom is 0.270 e. The second-order valence-corrected chi connectivity index (χ2v) is 12.1. The number of carbonyl (C=O) groups is 1. The average Bonchev–Trinajstić information content (AvgIpc) is 3.28. The molecule has 0 spiro atoms. The molecule has 3 aromatic rings. The molecule has 1 atom stereocenters. The lowest BCUT2D eigenvalue weighted by Crippen LogP contribution is -2.48. The average molecular weight is 602 g/mol. The van der Waals surface area contributed by atoms with Gasteiger partial charge in [-0.3, -0.25) is 19.1 Å². The fraction of sp³-hybridized carbons (Fsp3) is 0.312. The number of thiocarbonyl (C=S) groups is 1. The van der Waals surface area contributed by atoms with Crippen molar-refractivity contribution < 1.29 is 9.18 Å². The van der Waals surface area contributed by atoms with Crippen molar-refractivity contribution in [3.05, 3.63) is 97.9 Å². The maximum absolute atomic E-state index is 13.8. The zero-order chi connectivity index (χ0) is 30.0. The van der Waals surface area contributed by atoms with E-state index in [1.54, 1.807) is 34.6 Å².